The summed E-state index contributed by atoms with van der Waals surface area (Å²) in [6.07, 6.45) is 11.7. The zero-order chi connectivity index (χ0) is 91.3. The highest BCUT2D eigenvalue weighted by atomic mass is 16.5. The molecule has 1 aliphatic carbocycles. The number of nitrogens with one attached hydrogen (secondary N) is 3. The average Bonchev–Trinajstić information content (AvgIpc) is 1.56. The van der Waals surface area contributed by atoms with Gasteiger partial charge in [0.2, 0.25) is 5.91 Å². The highest BCUT2D eigenvalue weighted by Crippen LogP contribution is 2.57. The molecule has 706 valence electrons. The summed E-state index contributed by atoms with van der Waals surface area (Å²) in [5.74, 6) is 6.27. The van der Waals surface area contributed by atoms with Gasteiger partial charge in [-0.25, -0.2) is 0 Å². The molecule has 0 aromatic heterocycles. The quantitative estimate of drug-likeness (QED) is 0.0304. The van der Waals surface area contributed by atoms with Crippen molar-refractivity contribution in [2.75, 3.05) is 189 Å². The molecule has 1 amide bonds. The Morgan fingerprint density at radius 1 is 0.389 bits per heavy atom. The Morgan fingerprint density at radius 2 is 0.763 bits per heavy atom. The lowest BCUT2D eigenvalue weighted by Gasteiger charge is -2.33. The van der Waals surface area contributed by atoms with E-state index in [-0.39, 0.29) is 35.6 Å². The Hall–Kier alpha value is -9.63. The van der Waals surface area contributed by atoms with Crippen molar-refractivity contribution in [3.05, 3.63) is 267 Å². The first-order valence-electron chi connectivity index (χ1n) is 47.6. The Labute approximate surface area is 779 Å². The summed E-state index contributed by atoms with van der Waals surface area (Å²) < 4.78 is 87.1. The molecule has 6 aliphatic rings. The van der Waals surface area contributed by atoms with E-state index >= 15 is 0 Å². The third-order valence-corrected chi connectivity index (χ3v) is 26.1. The minimum Gasteiger partial charge on any atom is -0.496 e. The molecule has 4 fully saturated rings. The number of para-hydroxylation sites is 4. The van der Waals surface area contributed by atoms with E-state index in [4.69, 9.17) is 71.1 Å². The molecular weight excluding hydrogens is 1650 g/mol. The second kappa shape index (κ2) is 52.1. The molecule has 0 radical (unpaired) electrons. The summed E-state index contributed by atoms with van der Waals surface area (Å²) in [5, 5.41) is 10.6. The van der Waals surface area contributed by atoms with Crippen molar-refractivity contribution in [3.8, 4) is 34.5 Å². The first-order chi connectivity index (χ1) is 64.3. The van der Waals surface area contributed by atoms with E-state index in [2.05, 4.69) is 137 Å². The van der Waals surface area contributed by atoms with E-state index in [1.165, 1.54) is 57.6 Å². The molecule has 1 saturated carbocycles. The summed E-state index contributed by atoms with van der Waals surface area (Å²) in [7, 11) is 12.1. The van der Waals surface area contributed by atoms with Crippen LogP contribution in [0.15, 0.2) is 206 Å². The number of piperidine rings is 3. The number of nitrogens with zero attached hydrogens (tertiary/aromatic N) is 3. The van der Waals surface area contributed by atoms with Crippen LogP contribution in [0.5, 0.6) is 34.5 Å². The smallest absolute Gasteiger partial charge is 0.226 e. The molecule has 1 spiro atoms. The van der Waals surface area contributed by atoms with Gasteiger partial charge in [0.05, 0.1) is 119 Å². The molecule has 6 atom stereocenters. The Morgan fingerprint density at radius 3 is 1.18 bits per heavy atom. The molecule has 9 aromatic carbocycles. The van der Waals surface area contributed by atoms with Crippen molar-refractivity contribution < 1.29 is 75.8 Å². The van der Waals surface area contributed by atoms with Crippen molar-refractivity contribution in [2.45, 2.75) is 177 Å². The largest absolute Gasteiger partial charge is 0.496 e. The van der Waals surface area contributed by atoms with Gasteiger partial charge in [-0.2, -0.15) is 0 Å². The molecule has 5 heterocycles. The van der Waals surface area contributed by atoms with Crippen molar-refractivity contribution in [2.24, 2.45) is 0 Å². The highest BCUT2D eigenvalue weighted by Gasteiger charge is 2.51. The summed E-state index contributed by atoms with van der Waals surface area (Å²) in [5.41, 5.74) is 17.7. The summed E-state index contributed by atoms with van der Waals surface area (Å²) in [6.45, 7) is 23.6. The standard InChI is InChI=1S/C37H48N2O5.C37H50N2O5.C35H46N2O6/c1-40-20-5-19-39-27-37(16-17-37)33-14-9-28(23-34(33)39)25-44-36-24-38-18-15-32(36)29-10-12-31(13-11-29)43-22-6-21-42-26-30-7-3-4-8-35(30)41-2;1-37(2)27-39(19-7-20-40-3)34-23-28(11-16-33(34)37)25-44-36-24-38-18-17-32(36)29-12-14-31(15-13-29)43-22-8-21-42-26-30-9-5-6-10-35(30)41-4;1-37(35(38)14-8-21-39-2)32-12-6-4-10-28(32)26-43-34-24-36-20-19-31(34)27-15-17-30(18-16-27)42-23-9-22-41-25-29-11-5-7-13-33(29)40-3/h3-4,7-14,23,32,36,38H,5-6,15-22,24-27H2,1-2H3;5-6,9-16,23,32,36,38H,7-8,17-22,24-27H2,1-4H3;4-7,10-13,15-18,31,34,36H,8-9,14,19-26H2,1-3H3/t2*32-,36+;31-,34+/m111/s1. The Kier molecular flexibility index (Phi) is 39.3. The minimum absolute atomic E-state index is 0.0247. The van der Waals surface area contributed by atoms with Crippen LogP contribution in [0.3, 0.4) is 0 Å². The maximum absolute atomic E-state index is 12.7. The zero-order valence-electron chi connectivity index (χ0n) is 79.1. The maximum Gasteiger partial charge on any atom is 0.226 e. The number of carbonyl (C=O) groups excluding carboxylic acids is 1. The van der Waals surface area contributed by atoms with E-state index in [1.54, 1.807) is 53.1 Å². The van der Waals surface area contributed by atoms with Crippen LogP contribution < -0.4 is 59.1 Å². The molecule has 15 rings (SSSR count). The minimum atomic E-state index is 0.0247. The second-order valence-corrected chi connectivity index (χ2v) is 35.8. The van der Waals surface area contributed by atoms with Gasteiger partial charge in [-0.15, -0.1) is 0 Å². The molecule has 0 unspecified atom stereocenters. The van der Waals surface area contributed by atoms with Crippen molar-refractivity contribution >= 4 is 23.0 Å². The molecular formula is C109H144N6O16. The van der Waals surface area contributed by atoms with Crippen LogP contribution in [0.25, 0.3) is 0 Å². The van der Waals surface area contributed by atoms with Gasteiger partial charge in [-0.3, -0.25) is 4.79 Å². The van der Waals surface area contributed by atoms with Gasteiger partial charge in [0.15, 0.2) is 0 Å². The third-order valence-electron chi connectivity index (χ3n) is 26.1. The van der Waals surface area contributed by atoms with Crippen molar-refractivity contribution in [1.29, 1.82) is 0 Å². The summed E-state index contributed by atoms with van der Waals surface area (Å²) in [4.78, 5) is 19.6. The summed E-state index contributed by atoms with van der Waals surface area (Å²) >= 11 is 0. The molecule has 22 heteroatoms. The topological polar surface area (TPSA) is 201 Å². The van der Waals surface area contributed by atoms with Gasteiger partial charge in [0.25, 0.3) is 0 Å². The van der Waals surface area contributed by atoms with Crippen LogP contribution in [0.2, 0.25) is 0 Å². The van der Waals surface area contributed by atoms with E-state index in [0.717, 1.165) is 192 Å². The molecule has 22 nitrogen and oxygen atoms in total. The lowest BCUT2D eigenvalue weighted by Crippen LogP contribution is -2.41. The molecule has 3 N–H and O–H groups in total. The number of hydrogen-bond acceptors (Lipinski definition) is 21. The predicted molar refractivity (Wildman–Crippen MR) is 519 cm³/mol. The average molecular weight is 1790 g/mol. The normalized spacial score (nSPS) is 18.6. The lowest BCUT2D eigenvalue weighted by atomic mass is 9.86. The molecule has 0 bridgehead atoms. The van der Waals surface area contributed by atoms with E-state index in [0.29, 0.717) is 116 Å². The molecule has 131 heavy (non-hydrogen) atoms. The Balaban J connectivity index is 0.000000167. The van der Waals surface area contributed by atoms with E-state index in [9.17, 15) is 4.79 Å². The molecule has 9 aromatic rings. The van der Waals surface area contributed by atoms with Crippen molar-refractivity contribution in [3.63, 3.8) is 0 Å². The number of rotatable bonds is 49. The fourth-order valence-corrected chi connectivity index (χ4v) is 18.7. The SMILES string of the molecule is COCCCC(=O)N(C)c1ccccc1CO[C@H]1CNCC[C@@H]1c1ccc(OCCCOCc2ccccc2OC)cc1.COCCCN1CC(C)(C)c2ccc(CO[C@H]3CNCC[C@@H]3c3ccc(OCCCOCc4ccccc4OC)cc3)cc21.COCCCN1CC2(CC2)c2ccc(CO[C@H]3CNCC[C@@H]3c3ccc(OCCCOCc4ccccc4OC)cc3)cc21. The third kappa shape index (κ3) is 28.9. The monoisotopic (exact) mass is 1790 g/mol. The van der Waals surface area contributed by atoms with Crippen LogP contribution in [-0.2, 0) is 97.9 Å². The number of benzene rings is 9. The fraction of sp³-hybridized carbons (Fsp3) is 0.495. The maximum atomic E-state index is 12.7. The van der Waals surface area contributed by atoms with Crippen LogP contribution in [0.4, 0.5) is 17.1 Å². The van der Waals surface area contributed by atoms with Crippen LogP contribution in [0.1, 0.15) is 170 Å². The van der Waals surface area contributed by atoms with Gasteiger partial charge in [-0.05, 0) is 183 Å². The van der Waals surface area contributed by atoms with Crippen LogP contribution >= 0.6 is 0 Å². The number of fused-ring (bicyclic) bond motifs is 3. The Bertz CT molecular complexity index is 4670. The first kappa shape index (κ1) is 98.9. The van der Waals surface area contributed by atoms with Gasteiger partial charge in [0, 0.05) is 188 Å². The lowest BCUT2D eigenvalue weighted by molar-refractivity contribution is -0.118. The number of hydrogen-bond donors (Lipinski definition) is 3. The van der Waals surface area contributed by atoms with Gasteiger partial charge in [-0.1, -0.05) is 147 Å². The highest BCUT2D eigenvalue weighted by molar-refractivity contribution is 5.93. The van der Waals surface area contributed by atoms with Gasteiger partial charge in [0.1, 0.15) is 34.5 Å². The first-order valence-corrected chi connectivity index (χ1v) is 47.6. The molecule has 5 aliphatic heterocycles. The predicted octanol–water partition coefficient (Wildman–Crippen LogP) is 18.4. The number of ether oxygens (including phenoxy) is 15. The van der Waals surface area contributed by atoms with Gasteiger partial charge >= 0.3 is 0 Å². The van der Waals surface area contributed by atoms with Crippen LogP contribution in [-0.4, -0.2) is 199 Å². The van der Waals surface area contributed by atoms with Gasteiger partial charge < -0.3 is 102 Å². The number of anilines is 3. The molecule has 3 saturated heterocycles. The van der Waals surface area contributed by atoms with Crippen molar-refractivity contribution in [1.82, 2.24) is 16.0 Å². The fourth-order valence-electron chi connectivity index (χ4n) is 18.7. The van der Waals surface area contributed by atoms with Crippen LogP contribution in [0, 0.1) is 0 Å². The number of amides is 1. The van der Waals surface area contributed by atoms with E-state index < -0.39 is 0 Å². The zero-order valence-corrected chi connectivity index (χ0v) is 79.1. The number of carbonyl (C=O) groups is 1. The number of methoxy groups -OCH3 is 6. The summed E-state index contributed by atoms with van der Waals surface area (Å²) in [6, 6.07) is 71.3. The second-order valence-electron chi connectivity index (χ2n) is 35.8. The van der Waals surface area contributed by atoms with E-state index in [1.807, 2.05) is 116 Å².